The van der Waals surface area contributed by atoms with E-state index in [0.29, 0.717) is 5.75 Å². The molecule has 1 N–H and O–H groups in total. The van der Waals surface area contributed by atoms with Crippen LogP contribution in [0, 0.1) is 0 Å². The first-order chi connectivity index (χ1) is 11.3. The Labute approximate surface area is 137 Å². The molecule has 0 unspecified atom stereocenters. The molecule has 0 spiro atoms. The zero-order chi connectivity index (χ0) is 16.1. The van der Waals surface area contributed by atoms with Gasteiger partial charge < -0.3 is 19.3 Å². The maximum Gasteiger partial charge on any atom is 0.124 e. The molecule has 6 heteroatoms. The third kappa shape index (κ3) is 4.35. The van der Waals surface area contributed by atoms with Crippen LogP contribution in [0.1, 0.15) is 11.1 Å². The van der Waals surface area contributed by atoms with Gasteiger partial charge in [-0.2, -0.15) is 0 Å². The van der Waals surface area contributed by atoms with E-state index < -0.39 is 0 Å². The highest BCUT2D eigenvalue weighted by atomic mass is 16.5. The normalized spacial score (nSPS) is 20.6. The van der Waals surface area contributed by atoms with Crippen molar-refractivity contribution in [3.8, 4) is 11.5 Å². The van der Waals surface area contributed by atoms with Crippen LogP contribution < -0.4 is 4.74 Å². The van der Waals surface area contributed by atoms with E-state index in [9.17, 15) is 5.11 Å². The molecule has 0 aliphatic carbocycles. The van der Waals surface area contributed by atoms with Crippen LogP contribution in [-0.2, 0) is 22.6 Å². The highest BCUT2D eigenvalue weighted by Crippen LogP contribution is 2.31. The average Bonchev–Trinajstić information content (AvgIpc) is 2.60. The molecular weight excluding hydrogens is 296 g/mol. The number of benzene rings is 1. The summed E-state index contributed by atoms with van der Waals surface area (Å²) in [6.45, 7) is 8.06. The first kappa shape index (κ1) is 16.5. The molecule has 6 nitrogen and oxygen atoms in total. The number of phenolic OH excluding ortho intramolecular Hbond substituents is 1. The van der Waals surface area contributed by atoms with Gasteiger partial charge in [0.25, 0.3) is 0 Å². The number of hydrogen-bond acceptors (Lipinski definition) is 6. The van der Waals surface area contributed by atoms with Gasteiger partial charge in [-0.05, 0) is 12.1 Å². The van der Waals surface area contributed by atoms with Crippen molar-refractivity contribution in [1.82, 2.24) is 9.80 Å². The molecular formula is C17H26N2O4. The Kier molecular flexibility index (Phi) is 5.72. The summed E-state index contributed by atoms with van der Waals surface area (Å²) in [5, 5.41) is 10.7. The lowest BCUT2D eigenvalue weighted by Crippen LogP contribution is -2.36. The lowest BCUT2D eigenvalue weighted by molar-refractivity contribution is 0.0327. The molecule has 3 rings (SSSR count). The highest BCUT2D eigenvalue weighted by molar-refractivity contribution is 5.46. The Morgan fingerprint density at radius 2 is 1.35 bits per heavy atom. The van der Waals surface area contributed by atoms with E-state index >= 15 is 0 Å². The molecule has 0 bridgehead atoms. The number of methoxy groups -OCH3 is 1. The van der Waals surface area contributed by atoms with Crippen molar-refractivity contribution in [2.24, 2.45) is 0 Å². The van der Waals surface area contributed by atoms with Gasteiger partial charge in [0, 0.05) is 50.4 Å². The van der Waals surface area contributed by atoms with E-state index in [-0.39, 0.29) is 0 Å². The Morgan fingerprint density at radius 1 is 0.913 bits per heavy atom. The standard InChI is InChI=1S/C17H26N2O4/c1-21-16-10-14(12-18-2-6-22-7-3-18)17(20)15(11-16)13-19-4-8-23-9-5-19/h10-11,20H,2-9,12-13H2,1H3. The smallest absolute Gasteiger partial charge is 0.124 e. The molecule has 1 aromatic carbocycles. The molecule has 1 aromatic rings. The number of rotatable bonds is 5. The van der Waals surface area contributed by atoms with E-state index in [1.807, 2.05) is 12.1 Å². The number of nitrogens with zero attached hydrogens (tertiary/aromatic N) is 2. The predicted octanol–water partition coefficient (Wildman–Crippen LogP) is 1.07. The van der Waals surface area contributed by atoms with Crippen LogP contribution in [0.3, 0.4) is 0 Å². The molecule has 2 saturated heterocycles. The van der Waals surface area contributed by atoms with Crippen LogP contribution in [0.15, 0.2) is 12.1 Å². The molecule has 23 heavy (non-hydrogen) atoms. The lowest BCUT2D eigenvalue weighted by atomic mass is 10.1. The maximum absolute atomic E-state index is 10.7. The second-order valence-electron chi connectivity index (χ2n) is 6.07. The van der Waals surface area contributed by atoms with E-state index in [0.717, 1.165) is 82.6 Å². The van der Waals surface area contributed by atoms with Gasteiger partial charge in [-0.3, -0.25) is 9.80 Å². The summed E-state index contributed by atoms with van der Waals surface area (Å²) in [6.07, 6.45) is 0. The fourth-order valence-corrected chi connectivity index (χ4v) is 3.09. The summed E-state index contributed by atoms with van der Waals surface area (Å²) < 4.78 is 16.2. The molecule has 0 amide bonds. The molecule has 2 aliphatic heterocycles. The summed E-state index contributed by atoms with van der Waals surface area (Å²) in [7, 11) is 1.67. The van der Waals surface area contributed by atoms with Crippen LogP contribution in [0.5, 0.6) is 11.5 Å². The largest absolute Gasteiger partial charge is 0.507 e. The fraction of sp³-hybridized carbons (Fsp3) is 0.647. The van der Waals surface area contributed by atoms with Gasteiger partial charge in [0.1, 0.15) is 11.5 Å². The molecule has 2 aliphatic rings. The van der Waals surface area contributed by atoms with Crippen molar-refractivity contribution in [1.29, 1.82) is 0 Å². The van der Waals surface area contributed by atoms with E-state index in [1.54, 1.807) is 7.11 Å². The highest BCUT2D eigenvalue weighted by Gasteiger charge is 2.18. The van der Waals surface area contributed by atoms with Gasteiger partial charge in [-0.15, -0.1) is 0 Å². The number of morpholine rings is 2. The van der Waals surface area contributed by atoms with Crippen molar-refractivity contribution < 1.29 is 19.3 Å². The number of ether oxygens (including phenoxy) is 3. The maximum atomic E-state index is 10.7. The van der Waals surface area contributed by atoms with Crippen LogP contribution >= 0.6 is 0 Å². The van der Waals surface area contributed by atoms with Crippen molar-refractivity contribution in [2.45, 2.75) is 13.1 Å². The molecule has 128 valence electrons. The number of phenols is 1. The van der Waals surface area contributed by atoms with Crippen molar-refractivity contribution in [3.05, 3.63) is 23.3 Å². The van der Waals surface area contributed by atoms with Crippen molar-refractivity contribution in [2.75, 3.05) is 59.7 Å². The Morgan fingerprint density at radius 3 is 1.74 bits per heavy atom. The van der Waals surface area contributed by atoms with Crippen molar-refractivity contribution in [3.63, 3.8) is 0 Å². The summed E-state index contributed by atoms with van der Waals surface area (Å²) in [4.78, 5) is 4.60. The average molecular weight is 322 g/mol. The minimum absolute atomic E-state index is 0.392. The predicted molar refractivity (Wildman–Crippen MR) is 86.9 cm³/mol. The zero-order valence-corrected chi connectivity index (χ0v) is 13.8. The van der Waals surface area contributed by atoms with Crippen LogP contribution in [0.25, 0.3) is 0 Å². The monoisotopic (exact) mass is 322 g/mol. The fourth-order valence-electron chi connectivity index (χ4n) is 3.09. The third-order valence-electron chi connectivity index (χ3n) is 4.47. The first-order valence-electron chi connectivity index (χ1n) is 8.25. The minimum Gasteiger partial charge on any atom is -0.507 e. The van der Waals surface area contributed by atoms with Crippen LogP contribution in [0.4, 0.5) is 0 Å². The van der Waals surface area contributed by atoms with Crippen LogP contribution in [0.2, 0.25) is 0 Å². The van der Waals surface area contributed by atoms with Gasteiger partial charge in [-0.25, -0.2) is 0 Å². The quantitative estimate of drug-likeness (QED) is 0.875. The summed E-state index contributed by atoms with van der Waals surface area (Å²) in [6, 6.07) is 3.88. The SMILES string of the molecule is COc1cc(CN2CCOCC2)c(O)c(CN2CCOCC2)c1. The van der Waals surface area contributed by atoms with Gasteiger partial charge in [0.15, 0.2) is 0 Å². The van der Waals surface area contributed by atoms with Gasteiger partial charge >= 0.3 is 0 Å². The number of hydrogen-bond donors (Lipinski definition) is 1. The Bertz CT molecular complexity index is 470. The Balaban J connectivity index is 1.76. The van der Waals surface area contributed by atoms with E-state index in [1.165, 1.54) is 0 Å². The van der Waals surface area contributed by atoms with Crippen molar-refractivity contribution >= 4 is 0 Å². The lowest BCUT2D eigenvalue weighted by Gasteiger charge is -2.29. The zero-order valence-electron chi connectivity index (χ0n) is 13.8. The topological polar surface area (TPSA) is 54.4 Å². The second-order valence-corrected chi connectivity index (χ2v) is 6.07. The molecule has 2 fully saturated rings. The second kappa shape index (κ2) is 7.97. The molecule has 2 heterocycles. The van der Waals surface area contributed by atoms with Gasteiger partial charge in [0.05, 0.1) is 33.5 Å². The Hall–Kier alpha value is -1.34. The van der Waals surface area contributed by atoms with Crippen LogP contribution in [-0.4, -0.2) is 74.6 Å². The minimum atomic E-state index is 0.392. The molecule has 0 atom stereocenters. The third-order valence-corrected chi connectivity index (χ3v) is 4.47. The first-order valence-corrected chi connectivity index (χ1v) is 8.25. The summed E-state index contributed by atoms with van der Waals surface area (Å²) >= 11 is 0. The molecule has 0 saturated carbocycles. The van der Waals surface area contributed by atoms with E-state index in [2.05, 4.69) is 9.80 Å². The number of aromatic hydroxyl groups is 1. The molecule has 0 aromatic heterocycles. The summed E-state index contributed by atoms with van der Waals surface area (Å²) in [5.74, 6) is 1.19. The van der Waals surface area contributed by atoms with Gasteiger partial charge in [0.2, 0.25) is 0 Å². The summed E-state index contributed by atoms with van der Waals surface area (Å²) in [5.41, 5.74) is 1.85. The molecule has 0 radical (unpaired) electrons. The van der Waals surface area contributed by atoms with E-state index in [4.69, 9.17) is 14.2 Å². The van der Waals surface area contributed by atoms with Gasteiger partial charge in [-0.1, -0.05) is 0 Å².